The van der Waals surface area contributed by atoms with Gasteiger partial charge in [-0.05, 0) is 0 Å². The molecule has 0 N–H and O–H groups in total. The molecule has 0 spiro atoms. The van der Waals surface area contributed by atoms with E-state index in [4.69, 9.17) is 0 Å². The van der Waals surface area contributed by atoms with E-state index in [1.54, 1.807) is 0 Å². The molecule has 15 heavy (non-hydrogen) atoms. The average Bonchev–Trinajstić information content (AvgIpc) is 2.15. The molecule has 0 amide bonds. The van der Waals surface area contributed by atoms with Crippen molar-refractivity contribution in [3.63, 3.8) is 0 Å². The monoisotopic (exact) mass is 246 g/mol. The molecule has 0 nitrogen and oxygen atoms in total. The SMILES string of the molecule is CCCC[C@H]1[CH-]CCCC1.FB(F)F.[K+]. The Morgan fingerprint density at radius 2 is 1.87 bits per heavy atom. The van der Waals surface area contributed by atoms with Gasteiger partial charge in [0.25, 0.3) is 0 Å². The molecular formula is C10H19BF3K. The van der Waals surface area contributed by atoms with Crippen LogP contribution < -0.4 is 51.4 Å². The Hall–Kier alpha value is 1.49. The minimum atomic E-state index is -3.67. The Labute approximate surface area is 134 Å². The Morgan fingerprint density at radius 1 is 1.27 bits per heavy atom. The van der Waals surface area contributed by atoms with Crippen molar-refractivity contribution in [2.24, 2.45) is 5.92 Å². The third kappa shape index (κ3) is 15.5. The number of halogens is 3. The van der Waals surface area contributed by atoms with Crippen molar-refractivity contribution < 1.29 is 64.3 Å². The number of hydrogen-bond donors (Lipinski definition) is 0. The largest absolute Gasteiger partial charge is 1.00 e. The van der Waals surface area contributed by atoms with Crippen LogP contribution in [0.25, 0.3) is 0 Å². The molecule has 1 fully saturated rings. The number of rotatable bonds is 3. The minimum absolute atomic E-state index is 0. The molecule has 0 aliphatic heterocycles. The molecule has 1 aliphatic rings. The molecule has 0 aromatic heterocycles. The van der Waals surface area contributed by atoms with Crippen LogP contribution in [0.3, 0.4) is 0 Å². The van der Waals surface area contributed by atoms with Crippen LogP contribution in [0.2, 0.25) is 0 Å². The van der Waals surface area contributed by atoms with Crippen LogP contribution in [-0.4, -0.2) is 7.54 Å². The summed E-state index contributed by atoms with van der Waals surface area (Å²) in [5.74, 6) is 0.980. The topological polar surface area (TPSA) is 0 Å². The molecule has 0 heterocycles. The van der Waals surface area contributed by atoms with Crippen molar-refractivity contribution in [1.29, 1.82) is 0 Å². The first-order chi connectivity index (χ1) is 6.66. The van der Waals surface area contributed by atoms with Crippen molar-refractivity contribution in [3.05, 3.63) is 6.42 Å². The van der Waals surface area contributed by atoms with Gasteiger partial charge in [0, 0.05) is 0 Å². The van der Waals surface area contributed by atoms with Gasteiger partial charge in [0.1, 0.15) is 0 Å². The number of hydrogen-bond acceptors (Lipinski definition) is 0. The van der Waals surface area contributed by atoms with Gasteiger partial charge in [-0.3, -0.25) is 12.9 Å². The van der Waals surface area contributed by atoms with E-state index < -0.39 is 7.54 Å². The molecule has 5 heteroatoms. The quantitative estimate of drug-likeness (QED) is 0.522. The van der Waals surface area contributed by atoms with E-state index in [2.05, 4.69) is 13.3 Å². The second-order valence-corrected chi connectivity index (χ2v) is 3.67. The summed E-state index contributed by atoms with van der Waals surface area (Å²) in [6, 6.07) is 0. The number of unbranched alkanes of at least 4 members (excludes halogenated alkanes) is 1. The average molecular weight is 246 g/mol. The van der Waals surface area contributed by atoms with Crippen molar-refractivity contribution in [1.82, 2.24) is 0 Å². The molecule has 84 valence electrons. The fourth-order valence-corrected chi connectivity index (χ4v) is 1.75. The summed E-state index contributed by atoms with van der Waals surface area (Å²) < 4.78 is 29.0. The molecule has 1 rings (SSSR count). The van der Waals surface area contributed by atoms with E-state index in [0.29, 0.717) is 0 Å². The zero-order chi connectivity index (χ0) is 10.8. The predicted molar refractivity (Wildman–Crippen MR) is 54.9 cm³/mol. The minimum Gasteiger partial charge on any atom is -0.325 e. The first-order valence-corrected chi connectivity index (χ1v) is 5.42. The summed E-state index contributed by atoms with van der Waals surface area (Å²) in [6.45, 7) is 2.28. The van der Waals surface area contributed by atoms with Crippen molar-refractivity contribution in [2.45, 2.75) is 51.9 Å². The van der Waals surface area contributed by atoms with Gasteiger partial charge in [-0.2, -0.15) is 12.3 Å². The van der Waals surface area contributed by atoms with Crippen molar-refractivity contribution >= 4 is 7.54 Å². The molecule has 0 radical (unpaired) electrons. The van der Waals surface area contributed by atoms with E-state index >= 15 is 0 Å². The van der Waals surface area contributed by atoms with Gasteiger partial charge in [0.05, 0.1) is 0 Å². The van der Waals surface area contributed by atoms with Gasteiger partial charge in [-0.25, -0.2) is 0 Å². The molecule has 0 unspecified atom stereocenters. The molecule has 0 aromatic rings. The summed E-state index contributed by atoms with van der Waals surface area (Å²) in [6.07, 6.45) is 12.6. The summed E-state index contributed by atoms with van der Waals surface area (Å²) in [5.41, 5.74) is 0. The fraction of sp³-hybridized carbons (Fsp3) is 0.900. The van der Waals surface area contributed by atoms with Crippen LogP contribution in [0.4, 0.5) is 12.9 Å². The van der Waals surface area contributed by atoms with Gasteiger partial charge in [-0.15, -0.1) is 0 Å². The maximum absolute atomic E-state index is 9.67. The second-order valence-electron chi connectivity index (χ2n) is 3.67. The molecule has 0 saturated heterocycles. The maximum Gasteiger partial charge on any atom is 1.00 e. The van der Waals surface area contributed by atoms with Gasteiger partial charge >= 0.3 is 58.9 Å². The third-order valence-electron chi connectivity index (χ3n) is 2.46. The Bertz CT molecular complexity index is 116. The summed E-state index contributed by atoms with van der Waals surface area (Å²) in [7, 11) is -3.67. The van der Waals surface area contributed by atoms with Crippen LogP contribution >= 0.6 is 0 Å². The van der Waals surface area contributed by atoms with E-state index in [0.717, 1.165) is 5.92 Å². The van der Waals surface area contributed by atoms with Gasteiger partial charge in [0.15, 0.2) is 0 Å². The van der Waals surface area contributed by atoms with Crippen LogP contribution in [0.1, 0.15) is 51.9 Å². The molecular weight excluding hydrogens is 227 g/mol. The predicted octanol–water partition coefficient (Wildman–Crippen LogP) is 1.45. The standard InChI is InChI=1S/C10H19.BF3.K/c1-2-3-7-10-8-5-4-6-9-10;2-1(3)4;/h8,10H,2-7,9H2,1H3;;/q-1;;+1/t10-;;/m0../s1. The van der Waals surface area contributed by atoms with Gasteiger partial charge in [-0.1, -0.05) is 45.4 Å². The zero-order valence-corrected chi connectivity index (χ0v) is 12.9. The van der Waals surface area contributed by atoms with Crippen molar-refractivity contribution in [2.75, 3.05) is 0 Å². The Kier molecular flexibility index (Phi) is 17.0. The third-order valence-corrected chi connectivity index (χ3v) is 2.46. The fourth-order valence-electron chi connectivity index (χ4n) is 1.75. The Balaban J connectivity index is 0. The summed E-state index contributed by atoms with van der Waals surface area (Å²) in [5, 5.41) is 0. The maximum atomic E-state index is 9.67. The van der Waals surface area contributed by atoms with Crippen LogP contribution in [0.5, 0.6) is 0 Å². The molecule has 1 atom stereocenters. The van der Waals surface area contributed by atoms with E-state index in [1.807, 2.05) is 0 Å². The second kappa shape index (κ2) is 13.6. The normalized spacial score (nSPS) is 19.6. The Morgan fingerprint density at radius 3 is 2.27 bits per heavy atom. The molecule has 1 saturated carbocycles. The molecule has 0 bridgehead atoms. The van der Waals surface area contributed by atoms with Gasteiger partial charge < -0.3 is 6.42 Å². The van der Waals surface area contributed by atoms with E-state index in [-0.39, 0.29) is 51.4 Å². The first-order valence-electron chi connectivity index (χ1n) is 5.42. The zero-order valence-electron chi connectivity index (χ0n) is 9.82. The van der Waals surface area contributed by atoms with Crippen LogP contribution in [-0.2, 0) is 0 Å². The molecule has 0 aromatic carbocycles. The first kappa shape index (κ1) is 18.8. The van der Waals surface area contributed by atoms with Gasteiger partial charge in [0.2, 0.25) is 0 Å². The molecule has 1 aliphatic carbocycles. The van der Waals surface area contributed by atoms with Crippen molar-refractivity contribution in [3.8, 4) is 0 Å². The van der Waals surface area contributed by atoms with E-state index in [1.165, 1.54) is 44.9 Å². The summed E-state index contributed by atoms with van der Waals surface area (Å²) >= 11 is 0. The smallest absolute Gasteiger partial charge is 0.325 e. The van der Waals surface area contributed by atoms with E-state index in [9.17, 15) is 12.9 Å². The van der Waals surface area contributed by atoms with Crippen LogP contribution in [0, 0.1) is 12.3 Å². The van der Waals surface area contributed by atoms with Crippen LogP contribution in [0.15, 0.2) is 0 Å². The summed E-state index contributed by atoms with van der Waals surface area (Å²) in [4.78, 5) is 0.